The number of nitrogen functional groups attached to an aromatic ring is 1. The Bertz CT molecular complexity index is 1120. The van der Waals surface area contributed by atoms with E-state index in [1.165, 1.54) is 107 Å². The van der Waals surface area contributed by atoms with Gasteiger partial charge in [0.2, 0.25) is 5.91 Å². The van der Waals surface area contributed by atoms with Gasteiger partial charge in [-0.25, -0.2) is 19.5 Å². The number of anilines is 1. The van der Waals surface area contributed by atoms with Crippen LogP contribution in [0.2, 0.25) is 0 Å². The van der Waals surface area contributed by atoms with Crippen LogP contribution in [0, 0.1) is 0 Å². The molecule has 43 heavy (non-hydrogen) atoms. The first-order valence-corrected chi connectivity index (χ1v) is 17.0. The number of hydrogen-bond donors (Lipinski definition) is 6. The van der Waals surface area contributed by atoms with E-state index in [1.54, 1.807) is 0 Å². The maximum absolute atomic E-state index is 10.7. The van der Waals surface area contributed by atoms with Gasteiger partial charge in [-0.3, -0.25) is 13.9 Å². The molecule has 0 aliphatic carbocycles. The lowest BCUT2D eigenvalue weighted by Gasteiger charge is -2.16. The zero-order valence-electron chi connectivity index (χ0n) is 25.3. The normalized spacial score (nSPS) is 20.3. The number of phosphoric ester groups is 1. The number of unbranched alkanes of at least 4 members (excludes halogenated alkanes) is 14. The molecular weight excluding hydrogens is 579 g/mol. The van der Waals surface area contributed by atoms with Gasteiger partial charge >= 0.3 is 7.82 Å². The zero-order chi connectivity index (χ0) is 31.7. The minimum Gasteiger partial charge on any atom is -0.387 e. The van der Waals surface area contributed by atoms with Gasteiger partial charge in [0.1, 0.15) is 30.2 Å². The molecule has 0 bridgehead atoms. The Morgan fingerprint density at radius 2 is 1.44 bits per heavy atom. The molecule has 8 N–H and O–H groups in total. The molecule has 0 radical (unpaired) electrons. The molecule has 2 aromatic rings. The van der Waals surface area contributed by atoms with Crippen LogP contribution in [0.4, 0.5) is 5.82 Å². The first kappa shape index (κ1) is 37.0. The van der Waals surface area contributed by atoms with Crippen LogP contribution in [0.1, 0.15) is 116 Å². The number of carbonyl (C=O) groups is 1. The van der Waals surface area contributed by atoms with Crippen molar-refractivity contribution in [1.82, 2.24) is 19.5 Å². The summed E-state index contributed by atoms with van der Waals surface area (Å²) < 4.78 is 21.8. The van der Waals surface area contributed by atoms with E-state index in [2.05, 4.69) is 26.4 Å². The molecule has 4 atom stereocenters. The molecule has 1 fully saturated rings. The topological polar surface area (TPSA) is 229 Å². The molecule has 1 aliphatic heterocycles. The summed E-state index contributed by atoms with van der Waals surface area (Å²) in [6, 6.07) is 0. The maximum atomic E-state index is 10.7. The number of aromatic nitrogens is 4. The van der Waals surface area contributed by atoms with Gasteiger partial charge in [0.15, 0.2) is 17.7 Å². The predicted octanol–water partition coefficient (Wildman–Crippen LogP) is 3.87. The van der Waals surface area contributed by atoms with Gasteiger partial charge in [0.25, 0.3) is 0 Å². The van der Waals surface area contributed by atoms with E-state index in [0.29, 0.717) is 11.9 Å². The van der Waals surface area contributed by atoms with E-state index in [4.69, 9.17) is 26.0 Å². The molecule has 0 saturated carbocycles. The number of imidazole rings is 1. The van der Waals surface area contributed by atoms with Crippen LogP contribution >= 0.6 is 7.82 Å². The summed E-state index contributed by atoms with van der Waals surface area (Å²) in [7, 11) is -4.72. The summed E-state index contributed by atoms with van der Waals surface area (Å²) in [6.45, 7) is 1.68. The number of nitrogens with zero attached hydrogens (tertiary/aromatic N) is 4. The van der Waals surface area contributed by atoms with E-state index >= 15 is 0 Å². The van der Waals surface area contributed by atoms with Crippen LogP contribution in [0.5, 0.6) is 0 Å². The third-order valence-corrected chi connectivity index (χ3v) is 7.92. The number of hydrogen-bond acceptors (Lipinski definition) is 10. The van der Waals surface area contributed by atoms with Crippen LogP contribution in [0.3, 0.4) is 0 Å². The number of aliphatic hydroxyl groups excluding tert-OH is 2. The molecule has 3 heterocycles. The Labute approximate surface area is 253 Å². The van der Waals surface area contributed by atoms with E-state index in [9.17, 15) is 19.6 Å². The Morgan fingerprint density at radius 3 is 1.95 bits per heavy atom. The molecule has 3 rings (SSSR count). The lowest BCUT2D eigenvalue weighted by atomic mass is 10.0. The molecule has 246 valence electrons. The minimum atomic E-state index is -4.72. The van der Waals surface area contributed by atoms with Crippen LogP contribution in [-0.2, 0) is 18.6 Å². The van der Waals surface area contributed by atoms with Gasteiger partial charge < -0.3 is 36.2 Å². The smallest absolute Gasteiger partial charge is 0.387 e. The van der Waals surface area contributed by atoms with Crippen molar-refractivity contribution in [3.63, 3.8) is 0 Å². The predicted molar refractivity (Wildman–Crippen MR) is 162 cm³/mol. The van der Waals surface area contributed by atoms with Crippen LogP contribution in [0.25, 0.3) is 11.2 Å². The van der Waals surface area contributed by atoms with Crippen molar-refractivity contribution >= 4 is 30.7 Å². The highest BCUT2D eigenvalue weighted by atomic mass is 31.2. The second kappa shape index (κ2) is 20.0. The summed E-state index contributed by atoms with van der Waals surface area (Å²) in [6.07, 6.45) is 18.4. The largest absolute Gasteiger partial charge is 0.469 e. The number of primary amides is 1. The third-order valence-electron chi connectivity index (χ3n) is 7.43. The summed E-state index contributed by atoms with van der Waals surface area (Å²) in [4.78, 5) is 39.7. The molecular formula is C28H51N6O8P. The van der Waals surface area contributed by atoms with E-state index in [-0.39, 0.29) is 17.4 Å². The van der Waals surface area contributed by atoms with E-state index < -0.39 is 39.0 Å². The van der Waals surface area contributed by atoms with Crippen LogP contribution in [-0.4, -0.2) is 70.3 Å². The maximum Gasteiger partial charge on any atom is 0.469 e. The first-order valence-electron chi connectivity index (χ1n) is 15.5. The van der Waals surface area contributed by atoms with Crippen LogP contribution in [0.15, 0.2) is 12.7 Å². The van der Waals surface area contributed by atoms with Crippen molar-refractivity contribution in [2.45, 2.75) is 134 Å². The fourth-order valence-corrected chi connectivity index (χ4v) is 5.34. The molecule has 14 nitrogen and oxygen atoms in total. The highest BCUT2D eigenvalue weighted by molar-refractivity contribution is 7.46. The third kappa shape index (κ3) is 14.0. The Balaban J connectivity index is 0.000000304. The van der Waals surface area contributed by atoms with Crippen molar-refractivity contribution in [2.24, 2.45) is 5.73 Å². The fraction of sp³-hybridized carbons (Fsp3) is 0.786. The lowest BCUT2D eigenvalue weighted by molar-refractivity contribution is -0.118. The SMILES string of the molecule is CCCCCCCCCCCCCCCCCC(N)=O.Nc1ncnc2c1ncn2[C@@H]1O[C@H](COP(=O)(O)O)[C@@H](O)[C@H]1O. The molecule has 0 spiro atoms. The van der Waals surface area contributed by atoms with E-state index in [1.807, 2.05) is 0 Å². The van der Waals surface area contributed by atoms with Gasteiger partial charge in [0, 0.05) is 6.42 Å². The van der Waals surface area contributed by atoms with Crippen LogP contribution < -0.4 is 11.5 Å². The Kier molecular flexibility index (Phi) is 17.2. The number of nitrogens with two attached hydrogens (primary N) is 2. The van der Waals surface area contributed by atoms with Crippen molar-refractivity contribution < 1.29 is 38.6 Å². The quantitative estimate of drug-likeness (QED) is 0.0904. The second-order valence-corrected chi connectivity index (χ2v) is 12.3. The average Bonchev–Trinajstić information content (AvgIpc) is 3.51. The number of rotatable bonds is 20. The number of ether oxygens (including phenoxy) is 1. The Morgan fingerprint density at radius 1 is 0.907 bits per heavy atom. The summed E-state index contributed by atoms with van der Waals surface area (Å²) in [5, 5.41) is 20.1. The molecule has 1 aliphatic rings. The number of fused-ring (bicyclic) bond motifs is 1. The van der Waals surface area contributed by atoms with E-state index in [0.717, 1.165) is 6.42 Å². The number of carbonyl (C=O) groups excluding carboxylic acids is 1. The lowest BCUT2D eigenvalue weighted by Crippen LogP contribution is -2.33. The van der Waals surface area contributed by atoms with Crippen molar-refractivity contribution in [3.05, 3.63) is 12.7 Å². The second-order valence-electron chi connectivity index (χ2n) is 11.1. The first-order chi connectivity index (χ1) is 20.5. The summed E-state index contributed by atoms with van der Waals surface area (Å²) >= 11 is 0. The van der Waals surface area contributed by atoms with Gasteiger partial charge in [-0.15, -0.1) is 0 Å². The van der Waals surface area contributed by atoms with Gasteiger partial charge in [0.05, 0.1) is 12.9 Å². The average molecular weight is 631 g/mol. The number of amides is 1. The van der Waals surface area contributed by atoms with Crippen molar-refractivity contribution in [3.8, 4) is 0 Å². The van der Waals surface area contributed by atoms with Gasteiger partial charge in [-0.2, -0.15) is 0 Å². The molecule has 1 saturated heterocycles. The molecule has 2 aromatic heterocycles. The zero-order valence-corrected chi connectivity index (χ0v) is 26.2. The highest BCUT2D eigenvalue weighted by Crippen LogP contribution is 2.38. The van der Waals surface area contributed by atoms with Gasteiger partial charge in [-0.1, -0.05) is 96.8 Å². The summed E-state index contributed by atoms with van der Waals surface area (Å²) in [5.74, 6) is -0.0112. The molecule has 0 aromatic carbocycles. The van der Waals surface area contributed by atoms with Crippen molar-refractivity contribution in [2.75, 3.05) is 12.3 Å². The number of phosphoric acid groups is 1. The molecule has 0 unspecified atom stereocenters. The number of aliphatic hydroxyl groups is 2. The monoisotopic (exact) mass is 630 g/mol. The minimum absolute atomic E-state index is 0.142. The van der Waals surface area contributed by atoms with Gasteiger partial charge in [-0.05, 0) is 6.42 Å². The molecule has 1 amide bonds. The highest BCUT2D eigenvalue weighted by Gasteiger charge is 2.45. The van der Waals surface area contributed by atoms with Crippen molar-refractivity contribution in [1.29, 1.82) is 0 Å². The summed E-state index contributed by atoms with van der Waals surface area (Å²) in [5.41, 5.74) is 11.4. The molecule has 15 heteroatoms. The Hall–Kier alpha value is -2.19. The fourth-order valence-electron chi connectivity index (χ4n) is 4.99. The standard InChI is InChI=1S/C18H37NO.C10H14N5O7P/c1-2-3-4-5-6-7-8-9-10-11-12-13-14-15-16-17-18(19)20;11-8-5-9(13-2-12-8)15(3-14-5)10-7(17)6(16)4(22-10)1-21-23(18,19)20/h2-17H2,1H3,(H2,19,20);2-4,6-7,10,16-17H,1H2,(H2,11,12,13)(H2,18,19,20)/t;4-,6-,7-,10-/m.1/s1.